The Bertz CT molecular complexity index is 2250. The molecular weight excluding hydrogens is 560 g/mol. The average Bonchev–Trinajstić information content (AvgIpc) is 3.34. The molecule has 0 radical (unpaired) electrons. The van der Waals surface area contributed by atoms with Gasteiger partial charge in [0.1, 0.15) is 5.75 Å². The van der Waals surface area contributed by atoms with Crippen LogP contribution in [0.2, 0.25) is 0 Å². The van der Waals surface area contributed by atoms with Gasteiger partial charge in [-0.05, 0) is 131 Å². The molecule has 0 saturated carbocycles. The summed E-state index contributed by atoms with van der Waals surface area (Å²) in [6.07, 6.45) is 2.58. The number of fused-ring (bicyclic) bond motifs is 3. The van der Waals surface area contributed by atoms with Crippen LogP contribution in [0.4, 0.5) is 0 Å². The zero-order chi connectivity index (χ0) is 31.8. The molecule has 0 heterocycles. The molecule has 0 fully saturated rings. The van der Waals surface area contributed by atoms with E-state index < -0.39 is 0 Å². The molecule has 46 heavy (non-hydrogen) atoms. The van der Waals surface area contributed by atoms with Crippen LogP contribution in [0.3, 0.4) is 0 Å². The van der Waals surface area contributed by atoms with Crippen LogP contribution in [-0.4, -0.2) is 16.8 Å². The van der Waals surface area contributed by atoms with E-state index >= 15 is 0 Å². The van der Waals surface area contributed by atoms with Gasteiger partial charge in [0.05, 0.1) is 0 Å². The summed E-state index contributed by atoms with van der Waals surface area (Å²) in [6.45, 7) is 9.33. The van der Waals surface area contributed by atoms with Gasteiger partial charge in [0.25, 0.3) is 0 Å². The fourth-order valence-electron chi connectivity index (χ4n) is 8.21. The van der Waals surface area contributed by atoms with Crippen LogP contribution >= 0.6 is 0 Å². The largest absolute Gasteiger partial charge is 0.508 e. The van der Waals surface area contributed by atoms with E-state index in [1.54, 1.807) is 12.1 Å². The average molecular weight is 601 g/mol. The molecule has 2 nitrogen and oxygen atoms in total. The standard InChI is InChI=1S/C44H40O2/c1-5-44(21-6-22-45)39-25-29(27-9-15-34(46)16-10-27)12-18-36(39)37-19-13-30(26-40(37)44)35-17-11-28-7-8-31-23-33(43(2,3)4)24-32-14-20-38(35)42(28)41(31)32/h7-20,23-26,45-46H,5-6,21-22H2,1-4H3. The van der Waals surface area contributed by atoms with E-state index in [9.17, 15) is 10.2 Å². The van der Waals surface area contributed by atoms with Crippen LogP contribution in [-0.2, 0) is 10.8 Å². The number of hydrogen-bond acceptors (Lipinski definition) is 2. The van der Waals surface area contributed by atoms with Gasteiger partial charge in [0, 0.05) is 12.0 Å². The van der Waals surface area contributed by atoms with Gasteiger partial charge in [-0.3, -0.25) is 0 Å². The Labute approximate surface area is 271 Å². The van der Waals surface area contributed by atoms with Crippen molar-refractivity contribution >= 4 is 32.3 Å². The van der Waals surface area contributed by atoms with Crippen LogP contribution in [0.25, 0.3) is 65.7 Å². The van der Waals surface area contributed by atoms with E-state index in [4.69, 9.17) is 0 Å². The molecule has 0 saturated heterocycles. The Morgan fingerprint density at radius 3 is 1.80 bits per heavy atom. The zero-order valence-electron chi connectivity index (χ0n) is 27.1. The molecular formula is C44H40O2. The number of rotatable bonds is 6. The van der Waals surface area contributed by atoms with Gasteiger partial charge in [0.15, 0.2) is 0 Å². The lowest BCUT2D eigenvalue weighted by Crippen LogP contribution is -2.25. The van der Waals surface area contributed by atoms with Gasteiger partial charge in [-0.25, -0.2) is 0 Å². The van der Waals surface area contributed by atoms with Crippen molar-refractivity contribution in [1.29, 1.82) is 0 Å². The monoisotopic (exact) mass is 600 g/mol. The van der Waals surface area contributed by atoms with Crippen molar-refractivity contribution in [1.82, 2.24) is 0 Å². The minimum atomic E-state index is -0.191. The van der Waals surface area contributed by atoms with Crippen molar-refractivity contribution in [2.24, 2.45) is 0 Å². The number of benzene rings is 7. The maximum Gasteiger partial charge on any atom is 0.115 e. The lowest BCUT2D eigenvalue weighted by Gasteiger charge is -2.31. The first-order valence-electron chi connectivity index (χ1n) is 16.6. The van der Waals surface area contributed by atoms with Gasteiger partial charge >= 0.3 is 0 Å². The van der Waals surface area contributed by atoms with Gasteiger partial charge < -0.3 is 10.2 Å². The maximum atomic E-state index is 10.0. The highest BCUT2D eigenvalue weighted by atomic mass is 16.3. The first-order valence-corrected chi connectivity index (χ1v) is 16.6. The van der Waals surface area contributed by atoms with Gasteiger partial charge in [-0.2, -0.15) is 0 Å². The van der Waals surface area contributed by atoms with E-state index in [1.807, 2.05) is 12.1 Å². The number of aromatic hydroxyl groups is 1. The summed E-state index contributed by atoms with van der Waals surface area (Å²) >= 11 is 0. The summed E-state index contributed by atoms with van der Waals surface area (Å²) in [6, 6.07) is 39.9. The molecule has 7 aromatic carbocycles. The summed E-state index contributed by atoms with van der Waals surface area (Å²) in [5, 5.41) is 27.8. The topological polar surface area (TPSA) is 40.5 Å². The molecule has 1 atom stereocenters. The predicted molar refractivity (Wildman–Crippen MR) is 194 cm³/mol. The van der Waals surface area contributed by atoms with Gasteiger partial charge in [-0.15, -0.1) is 0 Å². The molecule has 1 unspecified atom stereocenters. The summed E-state index contributed by atoms with van der Waals surface area (Å²) in [5.41, 5.74) is 11.3. The molecule has 0 bridgehead atoms. The molecule has 1 aliphatic rings. The quantitative estimate of drug-likeness (QED) is 0.186. The first-order chi connectivity index (χ1) is 22.2. The summed E-state index contributed by atoms with van der Waals surface area (Å²) in [4.78, 5) is 0. The zero-order valence-corrected chi connectivity index (χ0v) is 27.1. The molecule has 1 aliphatic carbocycles. The molecule has 0 aliphatic heterocycles. The van der Waals surface area contributed by atoms with Crippen molar-refractivity contribution in [2.75, 3.05) is 6.61 Å². The second-order valence-electron chi connectivity index (χ2n) is 14.3. The molecule has 8 rings (SSSR count). The number of phenols is 1. The molecule has 228 valence electrons. The predicted octanol–water partition coefficient (Wildman–Crippen LogP) is 11.4. The van der Waals surface area contributed by atoms with E-state index in [0.29, 0.717) is 0 Å². The molecule has 0 spiro atoms. The van der Waals surface area contributed by atoms with Crippen LogP contribution in [0.5, 0.6) is 5.75 Å². The van der Waals surface area contributed by atoms with Gasteiger partial charge in [-0.1, -0.05) is 113 Å². The number of aliphatic hydroxyl groups excluding tert-OH is 1. The Morgan fingerprint density at radius 2 is 1.15 bits per heavy atom. The third-order valence-electron chi connectivity index (χ3n) is 10.7. The third-order valence-corrected chi connectivity index (χ3v) is 10.7. The molecule has 0 amide bonds. The minimum Gasteiger partial charge on any atom is -0.508 e. The number of aliphatic hydroxyl groups is 1. The van der Waals surface area contributed by atoms with E-state index in [2.05, 4.69) is 113 Å². The Balaban J connectivity index is 1.31. The molecule has 7 aromatic rings. The van der Waals surface area contributed by atoms with E-state index in [1.165, 1.54) is 71.3 Å². The Morgan fingerprint density at radius 1 is 0.587 bits per heavy atom. The van der Waals surface area contributed by atoms with E-state index in [-0.39, 0.29) is 23.2 Å². The highest BCUT2D eigenvalue weighted by molar-refractivity contribution is 6.25. The van der Waals surface area contributed by atoms with Crippen molar-refractivity contribution in [3.05, 3.63) is 126 Å². The number of hydrogen-bond donors (Lipinski definition) is 2. The highest BCUT2D eigenvalue weighted by Crippen LogP contribution is 2.55. The second kappa shape index (κ2) is 10.4. The SMILES string of the molecule is CCC1(CCCO)c2cc(-c3ccc(O)cc3)ccc2-c2ccc(-c3ccc4ccc5cc(C(C)(C)C)cc6ccc3c4c56)cc21. The molecule has 0 aromatic heterocycles. The smallest absolute Gasteiger partial charge is 0.115 e. The lowest BCUT2D eigenvalue weighted by molar-refractivity contribution is 0.268. The summed E-state index contributed by atoms with van der Waals surface area (Å²) < 4.78 is 0. The number of phenolic OH excluding ortho intramolecular Hbond substituents is 1. The summed E-state index contributed by atoms with van der Waals surface area (Å²) in [5.74, 6) is 0.275. The molecule has 2 heteroatoms. The Kier molecular flexibility index (Phi) is 6.53. The minimum absolute atomic E-state index is 0.0875. The molecule has 2 N–H and O–H groups in total. The maximum absolute atomic E-state index is 10.0. The lowest BCUT2D eigenvalue weighted by atomic mass is 9.71. The second-order valence-corrected chi connectivity index (χ2v) is 14.3. The van der Waals surface area contributed by atoms with Crippen LogP contribution < -0.4 is 0 Å². The van der Waals surface area contributed by atoms with Crippen LogP contribution in [0.1, 0.15) is 63.6 Å². The fourth-order valence-corrected chi connectivity index (χ4v) is 8.21. The van der Waals surface area contributed by atoms with Crippen LogP contribution in [0.15, 0.2) is 109 Å². The Hall–Kier alpha value is -4.66. The van der Waals surface area contributed by atoms with Crippen LogP contribution in [0, 0.1) is 0 Å². The van der Waals surface area contributed by atoms with Crippen molar-refractivity contribution < 1.29 is 10.2 Å². The highest BCUT2D eigenvalue weighted by Gasteiger charge is 2.41. The third kappa shape index (κ3) is 4.27. The fraction of sp³-hybridized carbons (Fsp3) is 0.227. The summed E-state index contributed by atoms with van der Waals surface area (Å²) in [7, 11) is 0. The first kappa shape index (κ1) is 28.8. The van der Waals surface area contributed by atoms with Crippen molar-refractivity contribution in [3.8, 4) is 39.1 Å². The van der Waals surface area contributed by atoms with Gasteiger partial charge in [0.2, 0.25) is 0 Å². The van der Waals surface area contributed by atoms with Crippen molar-refractivity contribution in [2.45, 2.75) is 57.8 Å². The van der Waals surface area contributed by atoms with Crippen molar-refractivity contribution in [3.63, 3.8) is 0 Å². The van der Waals surface area contributed by atoms with E-state index in [0.717, 1.165) is 30.4 Å². The normalized spacial score (nSPS) is 16.0.